The highest BCUT2D eigenvalue weighted by molar-refractivity contribution is 7.15. The van der Waals surface area contributed by atoms with Gasteiger partial charge in [-0.2, -0.15) is 0 Å². The van der Waals surface area contributed by atoms with Crippen molar-refractivity contribution < 1.29 is 0 Å². The molecule has 1 fully saturated rings. The summed E-state index contributed by atoms with van der Waals surface area (Å²) >= 11 is 1.91. The maximum atomic E-state index is 4.97. The van der Waals surface area contributed by atoms with E-state index in [2.05, 4.69) is 31.0 Å². The van der Waals surface area contributed by atoms with E-state index in [1.807, 2.05) is 11.3 Å². The van der Waals surface area contributed by atoms with E-state index in [0.29, 0.717) is 0 Å². The second kappa shape index (κ2) is 7.25. The lowest BCUT2D eigenvalue weighted by Gasteiger charge is -2.20. The highest BCUT2D eigenvalue weighted by Gasteiger charge is 2.30. The number of nitrogens with one attached hydrogen (secondary N) is 1. The van der Waals surface area contributed by atoms with Crippen LogP contribution in [0.3, 0.4) is 0 Å². The zero-order valence-corrected chi connectivity index (χ0v) is 13.4. The van der Waals surface area contributed by atoms with E-state index in [-0.39, 0.29) is 0 Å². The van der Waals surface area contributed by atoms with E-state index in [9.17, 15) is 0 Å². The molecule has 4 heteroatoms. The molecule has 1 aliphatic carbocycles. The lowest BCUT2D eigenvalue weighted by Crippen LogP contribution is -2.24. The number of anilines is 1. The highest BCUT2D eigenvalue weighted by atomic mass is 32.1. The quantitative estimate of drug-likeness (QED) is 0.747. The Bertz CT molecular complexity index is 379. The van der Waals surface area contributed by atoms with Crippen LogP contribution in [-0.2, 0) is 6.54 Å². The Hall–Kier alpha value is -0.610. The topological polar surface area (TPSA) is 28.2 Å². The van der Waals surface area contributed by atoms with E-state index in [1.165, 1.54) is 41.4 Å². The molecule has 2 rings (SSSR count). The molecule has 0 saturated heterocycles. The summed E-state index contributed by atoms with van der Waals surface area (Å²) in [4.78, 5) is 8.90. The zero-order valence-electron chi connectivity index (χ0n) is 12.5. The van der Waals surface area contributed by atoms with E-state index in [1.54, 1.807) is 0 Å². The van der Waals surface area contributed by atoms with Gasteiger partial charge >= 0.3 is 0 Å². The van der Waals surface area contributed by atoms with Crippen molar-refractivity contribution >= 4 is 16.5 Å². The van der Waals surface area contributed by atoms with E-state index >= 15 is 0 Å². The third-order valence-electron chi connectivity index (χ3n) is 3.47. The summed E-state index contributed by atoms with van der Waals surface area (Å²) < 4.78 is 0. The first-order chi connectivity index (χ1) is 9.30. The van der Waals surface area contributed by atoms with Crippen LogP contribution < -0.4 is 10.2 Å². The third-order valence-corrected chi connectivity index (χ3v) is 4.61. The SMILES string of the molecule is CCCN(CCC)c1nc(C2CC2)c(CNCC)s1. The van der Waals surface area contributed by atoms with Gasteiger partial charge in [0.1, 0.15) is 0 Å². The second-order valence-electron chi connectivity index (χ2n) is 5.35. The normalized spacial score (nSPS) is 14.9. The fourth-order valence-electron chi connectivity index (χ4n) is 2.37. The van der Waals surface area contributed by atoms with E-state index in [0.717, 1.165) is 32.1 Å². The fraction of sp³-hybridized carbons (Fsp3) is 0.800. The first-order valence-corrected chi connectivity index (χ1v) is 8.57. The summed E-state index contributed by atoms with van der Waals surface area (Å²) in [6.07, 6.45) is 5.06. The number of nitrogens with zero attached hydrogens (tertiary/aromatic N) is 2. The maximum Gasteiger partial charge on any atom is 0.185 e. The summed E-state index contributed by atoms with van der Waals surface area (Å²) in [5, 5.41) is 4.70. The molecular weight excluding hydrogens is 254 g/mol. The number of thiazole rings is 1. The van der Waals surface area contributed by atoms with Crippen molar-refractivity contribution in [1.82, 2.24) is 10.3 Å². The minimum atomic E-state index is 0.753. The molecule has 0 atom stereocenters. The van der Waals surface area contributed by atoms with Crippen molar-refractivity contribution in [2.45, 2.75) is 58.9 Å². The van der Waals surface area contributed by atoms with Gasteiger partial charge in [0, 0.05) is 30.4 Å². The molecule has 108 valence electrons. The van der Waals surface area contributed by atoms with Crippen molar-refractivity contribution in [2.24, 2.45) is 0 Å². The van der Waals surface area contributed by atoms with Gasteiger partial charge in [0.15, 0.2) is 5.13 Å². The molecule has 0 bridgehead atoms. The molecule has 0 spiro atoms. The summed E-state index contributed by atoms with van der Waals surface area (Å²) in [6, 6.07) is 0. The molecule has 1 saturated carbocycles. The summed E-state index contributed by atoms with van der Waals surface area (Å²) in [5.41, 5.74) is 1.39. The predicted octanol–water partition coefficient (Wildman–Crippen LogP) is 3.76. The average Bonchev–Trinajstić information content (AvgIpc) is 3.17. The third kappa shape index (κ3) is 3.93. The van der Waals surface area contributed by atoms with Crippen molar-refractivity contribution in [3.63, 3.8) is 0 Å². The Morgan fingerprint density at radius 1 is 1.21 bits per heavy atom. The minimum Gasteiger partial charge on any atom is -0.348 e. The Labute approximate surface area is 121 Å². The molecule has 0 aromatic carbocycles. The average molecular weight is 281 g/mol. The van der Waals surface area contributed by atoms with Gasteiger partial charge in [-0.25, -0.2) is 4.98 Å². The largest absolute Gasteiger partial charge is 0.348 e. The Morgan fingerprint density at radius 2 is 1.89 bits per heavy atom. The van der Waals surface area contributed by atoms with Gasteiger partial charge in [-0.15, -0.1) is 11.3 Å². The van der Waals surface area contributed by atoms with Crippen LogP contribution >= 0.6 is 11.3 Å². The number of rotatable bonds is 9. The zero-order chi connectivity index (χ0) is 13.7. The Morgan fingerprint density at radius 3 is 2.42 bits per heavy atom. The maximum absolute atomic E-state index is 4.97. The minimum absolute atomic E-state index is 0.753. The highest BCUT2D eigenvalue weighted by Crippen LogP contribution is 2.44. The molecule has 0 radical (unpaired) electrons. The molecular formula is C15H27N3S. The molecule has 1 aliphatic rings. The second-order valence-corrected chi connectivity index (χ2v) is 6.41. The van der Waals surface area contributed by atoms with Crippen molar-refractivity contribution in [1.29, 1.82) is 0 Å². The molecule has 0 amide bonds. The smallest absolute Gasteiger partial charge is 0.185 e. The van der Waals surface area contributed by atoms with Crippen LogP contribution in [0.1, 0.15) is 62.9 Å². The molecule has 1 N–H and O–H groups in total. The molecule has 1 aromatic rings. The van der Waals surface area contributed by atoms with Crippen LogP contribution in [0.4, 0.5) is 5.13 Å². The number of hydrogen-bond donors (Lipinski definition) is 1. The molecule has 3 nitrogen and oxygen atoms in total. The van der Waals surface area contributed by atoms with Gasteiger partial charge in [0.05, 0.1) is 5.69 Å². The van der Waals surface area contributed by atoms with Crippen LogP contribution in [-0.4, -0.2) is 24.6 Å². The van der Waals surface area contributed by atoms with Gasteiger partial charge in [-0.05, 0) is 32.2 Å². The standard InChI is InChI=1S/C15H27N3S/c1-4-9-18(10-5-2)15-17-14(12-7-8-12)13(19-15)11-16-6-3/h12,16H,4-11H2,1-3H3. The van der Waals surface area contributed by atoms with Gasteiger partial charge in [0.2, 0.25) is 0 Å². The summed E-state index contributed by atoms with van der Waals surface area (Å²) in [5.74, 6) is 0.753. The number of aromatic nitrogens is 1. The molecule has 0 aliphatic heterocycles. The van der Waals surface area contributed by atoms with Gasteiger partial charge in [-0.3, -0.25) is 0 Å². The van der Waals surface area contributed by atoms with Crippen molar-refractivity contribution in [2.75, 3.05) is 24.5 Å². The first-order valence-electron chi connectivity index (χ1n) is 7.75. The molecule has 0 unspecified atom stereocenters. The van der Waals surface area contributed by atoms with Gasteiger partial charge in [0.25, 0.3) is 0 Å². The number of hydrogen-bond acceptors (Lipinski definition) is 4. The lowest BCUT2D eigenvalue weighted by atomic mass is 10.2. The monoisotopic (exact) mass is 281 g/mol. The van der Waals surface area contributed by atoms with E-state index in [4.69, 9.17) is 4.98 Å². The van der Waals surface area contributed by atoms with Crippen LogP contribution in [0.5, 0.6) is 0 Å². The van der Waals surface area contributed by atoms with Crippen molar-refractivity contribution in [3.05, 3.63) is 10.6 Å². The fourth-order valence-corrected chi connectivity index (χ4v) is 3.54. The Kier molecular flexibility index (Phi) is 5.64. The lowest BCUT2D eigenvalue weighted by molar-refractivity contribution is 0.724. The van der Waals surface area contributed by atoms with Crippen LogP contribution in [0.25, 0.3) is 0 Å². The molecule has 1 heterocycles. The van der Waals surface area contributed by atoms with Crippen LogP contribution in [0.2, 0.25) is 0 Å². The van der Waals surface area contributed by atoms with Crippen LogP contribution in [0.15, 0.2) is 0 Å². The molecule has 1 aromatic heterocycles. The predicted molar refractivity (Wildman–Crippen MR) is 84.3 cm³/mol. The van der Waals surface area contributed by atoms with Gasteiger partial charge in [-0.1, -0.05) is 20.8 Å². The summed E-state index contributed by atoms with van der Waals surface area (Å²) in [7, 11) is 0. The van der Waals surface area contributed by atoms with Crippen LogP contribution in [0, 0.1) is 0 Å². The van der Waals surface area contributed by atoms with E-state index < -0.39 is 0 Å². The first kappa shape index (κ1) is 14.8. The van der Waals surface area contributed by atoms with Crippen molar-refractivity contribution in [3.8, 4) is 0 Å². The van der Waals surface area contributed by atoms with Gasteiger partial charge < -0.3 is 10.2 Å². The Balaban J connectivity index is 2.14. The molecule has 19 heavy (non-hydrogen) atoms. The summed E-state index contributed by atoms with van der Waals surface area (Å²) in [6.45, 7) is 10.9.